The first kappa shape index (κ1) is 21.6. The molecule has 0 heterocycles. The summed E-state index contributed by atoms with van der Waals surface area (Å²) in [5.41, 5.74) is 4.40. The topological polar surface area (TPSA) is 87.2 Å². The first-order valence-electron chi connectivity index (χ1n) is 8.47. The fourth-order valence-corrected chi connectivity index (χ4v) is 4.66. The zero-order valence-corrected chi connectivity index (χ0v) is 16.2. The number of nitrogen functional groups attached to an aromatic ring is 1. The number of rotatable bonds is 6. The lowest BCUT2D eigenvalue weighted by molar-refractivity contribution is -0.137. The highest BCUT2D eigenvalue weighted by Gasteiger charge is 2.35. The Morgan fingerprint density at radius 3 is 2.46 bits per heavy atom. The van der Waals surface area contributed by atoms with Crippen molar-refractivity contribution in [3.63, 3.8) is 0 Å². The number of nitrogens with two attached hydrogens (primary N) is 1. The zero-order valence-electron chi connectivity index (χ0n) is 15.4. The van der Waals surface area contributed by atoms with E-state index in [4.69, 9.17) is 11.0 Å². The van der Waals surface area contributed by atoms with Crippen LogP contribution in [-0.2, 0) is 16.0 Å². The second-order valence-electron chi connectivity index (χ2n) is 6.16. The largest absolute Gasteiger partial charge is 0.418 e. The fourth-order valence-electron chi connectivity index (χ4n) is 2.94. The Morgan fingerprint density at radius 1 is 1.21 bits per heavy atom. The third kappa shape index (κ3) is 4.22. The molecule has 0 aliphatic heterocycles. The molecule has 150 valence electrons. The van der Waals surface area contributed by atoms with E-state index < -0.39 is 32.2 Å². The number of hydrogen-bond donors (Lipinski definition) is 1. The van der Waals surface area contributed by atoms with Gasteiger partial charge in [-0.2, -0.15) is 18.4 Å². The van der Waals surface area contributed by atoms with E-state index in [0.29, 0.717) is 30.4 Å². The third-order valence-corrected chi connectivity index (χ3v) is 6.26. The van der Waals surface area contributed by atoms with Gasteiger partial charge in [0.05, 0.1) is 33.5 Å². The SMILES string of the molecule is CCN(CCC#N)c1cccc(C)c1S(=O)(=O)c1ccc(N)c(C(F)(F)F)c1. The number of halogens is 3. The summed E-state index contributed by atoms with van der Waals surface area (Å²) < 4.78 is 66.1. The molecule has 0 fully saturated rings. The molecule has 2 rings (SSSR count). The number of aryl methyl sites for hydroxylation is 1. The van der Waals surface area contributed by atoms with Crippen LogP contribution in [0.2, 0.25) is 0 Å². The lowest BCUT2D eigenvalue weighted by Crippen LogP contribution is -2.26. The van der Waals surface area contributed by atoms with Gasteiger partial charge in [-0.15, -0.1) is 0 Å². The third-order valence-electron chi connectivity index (χ3n) is 4.32. The molecule has 28 heavy (non-hydrogen) atoms. The summed E-state index contributed by atoms with van der Waals surface area (Å²) in [6, 6.07) is 9.42. The van der Waals surface area contributed by atoms with Crippen molar-refractivity contribution in [2.24, 2.45) is 0 Å². The smallest absolute Gasteiger partial charge is 0.398 e. The summed E-state index contributed by atoms with van der Waals surface area (Å²) in [7, 11) is -4.26. The summed E-state index contributed by atoms with van der Waals surface area (Å²) in [5.74, 6) is 0. The number of nitriles is 1. The molecule has 0 saturated heterocycles. The van der Waals surface area contributed by atoms with Gasteiger partial charge in [0.25, 0.3) is 0 Å². The Labute approximate surface area is 162 Å². The van der Waals surface area contributed by atoms with E-state index in [9.17, 15) is 21.6 Å². The van der Waals surface area contributed by atoms with Gasteiger partial charge >= 0.3 is 6.18 Å². The van der Waals surface area contributed by atoms with Gasteiger partial charge in [-0.25, -0.2) is 8.42 Å². The molecule has 0 aliphatic carbocycles. The molecule has 0 unspecified atom stereocenters. The van der Waals surface area contributed by atoms with Crippen LogP contribution in [0.5, 0.6) is 0 Å². The molecular formula is C19H20F3N3O2S. The number of hydrogen-bond acceptors (Lipinski definition) is 5. The number of sulfone groups is 1. The quantitative estimate of drug-likeness (QED) is 0.721. The van der Waals surface area contributed by atoms with Crippen LogP contribution in [0.3, 0.4) is 0 Å². The average Bonchev–Trinajstić information content (AvgIpc) is 2.61. The van der Waals surface area contributed by atoms with E-state index in [-0.39, 0.29) is 11.3 Å². The van der Waals surface area contributed by atoms with Crippen molar-refractivity contribution in [3.05, 3.63) is 47.5 Å². The Bertz CT molecular complexity index is 1010. The summed E-state index contributed by atoms with van der Waals surface area (Å²) in [5, 5.41) is 8.84. The van der Waals surface area contributed by atoms with Gasteiger partial charge in [0.1, 0.15) is 0 Å². The van der Waals surface area contributed by atoms with Crippen molar-refractivity contribution in [2.75, 3.05) is 23.7 Å². The Balaban J connectivity index is 2.69. The molecule has 5 nitrogen and oxygen atoms in total. The molecule has 2 aromatic carbocycles. The van der Waals surface area contributed by atoms with Crippen LogP contribution < -0.4 is 10.6 Å². The summed E-state index contributed by atoms with van der Waals surface area (Å²) in [6.45, 7) is 4.12. The van der Waals surface area contributed by atoms with Gasteiger partial charge in [0.2, 0.25) is 9.84 Å². The van der Waals surface area contributed by atoms with Crippen LogP contribution >= 0.6 is 0 Å². The van der Waals surface area contributed by atoms with E-state index in [1.54, 1.807) is 36.9 Å². The van der Waals surface area contributed by atoms with Gasteiger partial charge in [0, 0.05) is 18.8 Å². The predicted octanol–water partition coefficient (Wildman–Crippen LogP) is 4.17. The lowest BCUT2D eigenvalue weighted by atomic mass is 10.2. The normalized spacial score (nSPS) is 11.9. The Morgan fingerprint density at radius 2 is 1.89 bits per heavy atom. The lowest BCUT2D eigenvalue weighted by Gasteiger charge is -2.26. The average molecular weight is 411 g/mol. The second-order valence-corrected chi connectivity index (χ2v) is 8.05. The molecule has 0 aromatic heterocycles. The number of alkyl halides is 3. The second kappa shape index (κ2) is 8.10. The van der Waals surface area contributed by atoms with Crippen molar-refractivity contribution < 1.29 is 21.6 Å². The maximum absolute atomic E-state index is 13.3. The van der Waals surface area contributed by atoms with Crippen molar-refractivity contribution in [2.45, 2.75) is 36.2 Å². The van der Waals surface area contributed by atoms with E-state index in [2.05, 4.69) is 0 Å². The van der Waals surface area contributed by atoms with Gasteiger partial charge in [0.15, 0.2) is 0 Å². The molecular weight excluding hydrogens is 391 g/mol. The van der Waals surface area contributed by atoms with Crippen LogP contribution in [0.1, 0.15) is 24.5 Å². The minimum atomic E-state index is -4.77. The number of benzene rings is 2. The van der Waals surface area contributed by atoms with Crippen molar-refractivity contribution in [3.8, 4) is 6.07 Å². The highest BCUT2D eigenvalue weighted by atomic mass is 32.2. The van der Waals surface area contributed by atoms with Gasteiger partial charge in [-0.1, -0.05) is 12.1 Å². The maximum Gasteiger partial charge on any atom is 0.418 e. The monoisotopic (exact) mass is 411 g/mol. The van der Waals surface area contributed by atoms with Gasteiger partial charge < -0.3 is 10.6 Å². The molecule has 0 amide bonds. The highest BCUT2D eigenvalue weighted by Crippen LogP contribution is 2.38. The summed E-state index contributed by atoms with van der Waals surface area (Å²) in [4.78, 5) is 1.15. The van der Waals surface area contributed by atoms with E-state index in [0.717, 1.165) is 12.1 Å². The molecule has 0 radical (unpaired) electrons. The van der Waals surface area contributed by atoms with Crippen LogP contribution in [0.4, 0.5) is 24.5 Å². The van der Waals surface area contributed by atoms with Gasteiger partial charge in [-0.05, 0) is 43.7 Å². The Hall–Kier alpha value is -2.73. The van der Waals surface area contributed by atoms with Gasteiger partial charge in [-0.3, -0.25) is 0 Å². The molecule has 9 heteroatoms. The van der Waals surface area contributed by atoms with Crippen molar-refractivity contribution in [1.82, 2.24) is 0 Å². The molecule has 0 bridgehead atoms. The number of nitrogens with zero attached hydrogens (tertiary/aromatic N) is 2. The standard InChI is InChI=1S/C19H20F3N3O2S/c1-3-25(11-5-10-23)17-7-4-6-13(2)18(17)28(26,27)14-8-9-16(24)15(12-14)19(20,21)22/h4,6-9,12H,3,5,11,24H2,1-2H3. The van der Waals surface area contributed by atoms with Crippen molar-refractivity contribution >= 4 is 21.2 Å². The molecule has 0 spiro atoms. The van der Waals surface area contributed by atoms with Crippen LogP contribution in [-0.4, -0.2) is 21.5 Å². The zero-order chi connectivity index (χ0) is 21.1. The first-order valence-corrected chi connectivity index (χ1v) is 9.95. The van der Waals surface area contributed by atoms with Crippen LogP contribution in [0.15, 0.2) is 46.2 Å². The molecule has 2 aromatic rings. The van der Waals surface area contributed by atoms with E-state index in [1.807, 2.05) is 6.07 Å². The predicted molar refractivity (Wildman–Crippen MR) is 101 cm³/mol. The molecule has 0 aliphatic rings. The first-order chi connectivity index (χ1) is 13.0. The minimum absolute atomic E-state index is 0.0762. The van der Waals surface area contributed by atoms with Crippen LogP contribution in [0.25, 0.3) is 0 Å². The molecule has 0 atom stereocenters. The minimum Gasteiger partial charge on any atom is -0.398 e. The fraction of sp³-hybridized carbons (Fsp3) is 0.316. The van der Waals surface area contributed by atoms with Crippen LogP contribution in [0, 0.1) is 18.3 Å². The highest BCUT2D eigenvalue weighted by molar-refractivity contribution is 7.91. The number of anilines is 2. The van der Waals surface area contributed by atoms with E-state index in [1.165, 1.54) is 0 Å². The maximum atomic E-state index is 13.3. The van der Waals surface area contributed by atoms with E-state index >= 15 is 0 Å². The molecule has 2 N–H and O–H groups in total. The van der Waals surface area contributed by atoms with Crippen molar-refractivity contribution in [1.29, 1.82) is 5.26 Å². The summed E-state index contributed by atoms with van der Waals surface area (Å²) in [6.07, 6.45) is -4.59. The summed E-state index contributed by atoms with van der Waals surface area (Å²) >= 11 is 0. The molecule has 0 saturated carbocycles. The Kier molecular flexibility index (Phi) is 6.24.